The molecule has 3 rings (SSSR count). The number of aromatic nitrogens is 2. The van der Waals surface area contributed by atoms with Crippen LogP contribution in [0.25, 0.3) is 10.9 Å². The number of halogens is 1. The fourth-order valence-corrected chi connectivity index (χ4v) is 3.49. The Labute approximate surface area is 152 Å². The highest BCUT2D eigenvalue weighted by molar-refractivity contribution is 6.24. The summed E-state index contributed by atoms with van der Waals surface area (Å²) in [5, 5.41) is 17.7. The van der Waals surface area contributed by atoms with Crippen LogP contribution in [0, 0.1) is 24.2 Å². The fourth-order valence-electron chi connectivity index (χ4n) is 3.32. The lowest BCUT2D eigenvalue weighted by atomic mass is 9.98. The Balaban J connectivity index is 1.81. The van der Waals surface area contributed by atoms with E-state index >= 15 is 0 Å². The van der Waals surface area contributed by atoms with Gasteiger partial charge in [-0.1, -0.05) is 0 Å². The third-order valence-corrected chi connectivity index (χ3v) is 5.10. The number of piperidine rings is 1. The Morgan fingerprint density at radius 2 is 2.24 bits per heavy atom. The molecule has 1 aliphatic heterocycles. The van der Waals surface area contributed by atoms with Gasteiger partial charge in [-0.25, -0.2) is 4.42 Å². The highest BCUT2D eigenvalue weighted by Gasteiger charge is 2.19. The molecule has 1 N–H and O–H groups in total. The standard InChI is InChI=1S/C18H22ClN5O/c1-13-15(18(25)24(19)10-2-7-20)3-4-17-16(13)12-23(22-17)11-14-5-8-21-9-6-14/h3-4,12,14,21H,2,5-6,8-11H2,1H3. The molecular weight excluding hydrogens is 338 g/mol. The monoisotopic (exact) mass is 359 g/mol. The smallest absolute Gasteiger partial charge is 0.268 e. The molecule has 1 fully saturated rings. The maximum absolute atomic E-state index is 12.5. The zero-order valence-electron chi connectivity index (χ0n) is 14.3. The summed E-state index contributed by atoms with van der Waals surface area (Å²) in [5.41, 5.74) is 2.32. The molecule has 0 atom stereocenters. The lowest BCUT2D eigenvalue weighted by molar-refractivity contribution is 0.0865. The Morgan fingerprint density at radius 1 is 1.48 bits per heavy atom. The minimum Gasteiger partial charge on any atom is -0.317 e. The number of rotatable bonds is 5. The summed E-state index contributed by atoms with van der Waals surface area (Å²) in [6.45, 7) is 5.17. The summed E-state index contributed by atoms with van der Waals surface area (Å²) >= 11 is 6.01. The molecule has 1 aliphatic rings. The Morgan fingerprint density at radius 3 is 2.96 bits per heavy atom. The van der Waals surface area contributed by atoms with Crippen molar-refractivity contribution in [2.24, 2.45) is 5.92 Å². The number of nitriles is 1. The van der Waals surface area contributed by atoms with E-state index in [1.165, 1.54) is 12.8 Å². The van der Waals surface area contributed by atoms with Crippen molar-refractivity contribution in [3.05, 3.63) is 29.5 Å². The van der Waals surface area contributed by atoms with Gasteiger partial charge in [-0.2, -0.15) is 10.4 Å². The van der Waals surface area contributed by atoms with Gasteiger partial charge in [0, 0.05) is 35.5 Å². The normalized spacial score (nSPS) is 15.2. The van der Waals surface area contributed by atoms with Crippen LogP contribution in [-0.4, -0.2) is 39.7 Å². The molecule has 0 aliphatic carbocycles. The summed E-state index contributed by atoms with van der Waals surface area (Å²) in [6, 6.07) is 5.63. The van der Waals surface area contributed by atoms with Crippen molar-refractivity contribution in [2.45, 2.75) is 32.7 Å². The van der Waals surface area contributed by atoms with Crippen molar-refractivity contribution < 1.29 is 4.79 Å². The van der Waals surface area contributed by atoms with Crippen LogP contribution in [0.15, 0.2) is 18.3 Å². The van der Waals surface area contributed by atoms with Gasteiger partial charge in [-0.3, -0.25) is 9.48 Å². The van der Waals surface area contributed by atoms with Crippen LogP contribution < -0.4 is 5.32 Å². The van der Waals surface area contributed by atoms with Crippen LogP contribution in [0.1, 0.15) is 35.2 Å². The molecule has 2 heterocycles. The highest BCUT2D eigenvalue weighted by Crippen LogP contribution is 2.24. The zero-order valence-corrected chi connectivity index (χ0v) is 15.1. The molecule has 2 aromatic rings. The second-order valence-corrected chi connectivity index (χ2v) is 6.92. The van der Waals surface area contributed by atoms with Gasteiger partial charge in [0.1, 0.15) is 0 Å². The van der Waals surface area contributed by atoms with E-state index in [2.05, 4.69) is 10.4 Å². The van der Waals surface area contributed by atoms with Crippen LogP contribution in [-0.2, 0) is 6.54 Å². The number of carbonyl (C=O) groups is 1. The Kier molecular flexibility index (Phi) is 5.57. The number of nitrogens with zero attached hydrogens (tertiary/aromatic N) is 4. The summed E-state index contributed by atoms with van der Waals surface area (Å²) in [7, 11) is 0. The van der Waals surface area contributed by atoms with E-state index < -0.39 is 0 Å². The molecule has 0 saturated carbocycles. The first-order chi connectivity index (χ1) is 12.1. The van der Waals surface area contributed by atoms with E-state index in [4.69, 9.17) is 17.0 Å². The van der Waals surface area contributed by atoms with E-state index in [1.54, 1.807) is 6.07 Å². The van der Waals surface area contributed by atoms with E-state index in [0.29, 0.717) is 11.5 Å². The van der Waals surface area contributed by atoms with Gasteiger partial charge in [-0.15, -0.1) is 0 Å². The number of amides is 1. The molecule has 1 aromatic carbocycles. The lowest BCUT2D eigenvalue weighted by Crippen LogP contribution is -2.29. The number of benzene rings is 1. The first-order valence-corrected chi connectivity index (χ1v) is 8.96. The Hall–Kier alpha value is -2.10. The molecule has 0 radical (unpaired) electrons. The number of nitrogens with one attached hydrogen (secondary N) is 1. The molecule has 1 aromatic heterocycles. The van der Waals surface area contributed by atoms with Gasteiger partial charge < -0.3 is 5.32 Å². The van der Waals surface area contributed by atoms with Crippen molar-refractivity contribution in [1.29, 1.82) is 5.26 Å². The maximum Gasteiger partial charge on any atom is 0.268 e. The quantitative estimate of drug-likeness (QED) is 0.833. The number of aryl methyl sites for hydroxylation is 1. The first-order valence-electron chi connectivity index (χ1n) is 8.62. The molecule has 6 nitrogen and oxygen atoms in total. The highest BCUT2D eigenvalue weighted by atomic mass is 35.5. The minimum absolute atomic E-state index is 0.212. The van der Waals surface area contributed by atoms with Crippen LogP contribution in [0.2, 0.25) is 0 Å². The maximum atomic E-state index is 12.5. The molecule has 132 valence electrons. The van der Waals surface area contributed by atoms with Gasteiger partial charge in [0.2, 0.25) is 0 Å². The SMILES string of the molecule is Cc1c(C(=O)N(Cl)CCC#N)ccc2nn(CC3CCNCC3)cc12. The first kappa shape index (κ1) is 17.7. The predicted molar refractivity (Wildman–Crippen MR) is 97.2 cm³/mol. The van der Waals surface area contributed by atoms with Crippen molar-refractivity contribution in [1.82, 2.24) is 19.5 Å². The van der Waals surface area contributed by atoms with Crippen LogP contribution in [0.5, 0.6) is 0 Å². The van der Waals surface area contributed by atoms with Crippen LogP contribution >= 0.6 is 11.8 Å². The van der Waals surface area contributed by atoms with Gasteiger partial charge >= 0.3 is 0 Å². The summed E-state index contributed by atoms with van der Waals surface area (Å²) < 4.78 is 3.08. The van der Waals surface area contributed by atoms with Crippen molar-refractivity contribution >= 4 is 28.6 Å². The molecule has 0 unspecified atom stereocenters. The second-order valence-electron chi connectivity index (χ2n) is 6.51. The largest absolute Gasteiger partial charge is 0.317 e. The summed E-state index contributed by atoms with van der Waals surface area (Å²) in [6.07, 6.45) is 4.57. The third kappa shape index (κ3) is 3.94. The molecule has 7 heteroatoms. The van der Waals surface area contributed by atoms with Gasteiger partial charge in [-0.05, 0) is 56.5 Å². The molecule has 1 amide bonds. The van der Waals surface area contributed by atoms with Gasteiger partial charge in [0.25, 0.3) is 5.91 Å². The fraction of sp³-hybridized carbons (Fsp3) is 0.500. The van der Waals surface area contributed by atoms with Gasteiger partial charge in [0.15, 0.2) is 0 Å². The second kappa shape index (κ2) is 7.85. The third-order valence-electron chi connectivity index (χ3n) is 4.78. The molecule has 0 spiro atoms. The van der Waals surface area contributed by atoms with Crippen molar-refractivity contribution in [3.63, 3.8) is 0 Å². The number of carbonyl (C=O) groups excluding carboxylic acids is 1. The molecule has 25 heavy (non-hydrogen) atoms. The average molecular weight is 360 g/mol. The molecular formula is C18H22ClN5O. The Bertz CT molecular complexity index is 804. The number of hydrogen-bond donors (Lipinski definition) is 1. The van der Waals surface area contributed by atoms with Crippen LogP contribution in [0.4, 0.5) is 0 Å². The lowest BCUT2D eigenvalue weighted by Gasteiger charge is -2.22. The number of hydrogen-bond acceptors (Lipinski definition) is 4. The van der Waals surface area contributed by atoms with E-state index in [1.807, 2.05) is 29.9 Å². The van der Waals surface area contributed by atoms with Crippen molar-refractivity contribution in [3.8, 4) is 6.07 Å². The zero-order chi connectivity index (χ0) is 17.8. The van der Waals surface area contributed by atoms with E-state index in [0.717, 1.165) is 40.5 Å². The summed E-state index contributed by atoms with van der Waals surface area (Å²) in [4.78, 5) is 12.5. The number of fused-ring (bicyclic) bond motifs is 1. The van der Waals surface area contributed by atoms with E-state index in [9.17, 15) is 4.79 Å². The topological polar surface area (TPSA) is 74.0 Å². The van der Waals surface area contributed by atoms with E-state index in [-0.39, 0.29) is 18.9 Å². The average Bonchev–Trinajstić information content (AvgIpc) is 3.03. The predicted octanol–water partition coefficient (Wildman–Crippen LogP) is 2.85. The molecule has 1 saturated heterocycles. The van der Waals surface area contributed by atoms with Gasteiger partial charge in [0.05, 0.1) is 24.6 Å². The minimum atomic E-state index is -0.276. The van der Waals surface area contributed by atoms with Crippen LogP contribution in [0.3, 0.4) is 0 Å². The molecule has 0 bridgehead atoms. The summed E-state index contributed by atoms with van der Waals surface area (Å²) in [5.74, 6) is 0.365. The van der Waals surface area contributed by atoms with Crippen molar-refractivity contribution in [2.75, 3.05) is 19.6 Å².